The molecule has 0 atom stereocenters. The van der Waals surface area contributed by atoms with Gasteiger partial charge in [0.1, 0.15) is 6.07 Å². The predicted molar refractivity (Wildman–Crippen MR) is 57.0 cm³/mol. The zero-order valence-corrected chi connectivity index (χ0v) is 9.74. The lowest BCUT2D eigenvalue weighted by molar-refractivity contribution is -0.142. The molecule has 5 heteroatoms. The number of aromatic nitrogens is 1. The van der Waals surface area contributed by atoms with Crippen LogP contribution in [0.3, 0.4) is 0 Å². The Morgan fingerprint density at radius 2 is 2.47 bits per heavy atom. The molecular formula is C10H9BrN2O2. The summed E-state index contributed by atoms with van der Waals surface area (Å²) in [6.07, 6.45) is 1.54. The van der Waals surface area contributed by atoms with Crippen molar-refractivity contribution in [3.05, 3.63) is 28.0 Å². The van der Waals surface area contributed by atoms with Crippen LogP contribution in [0.4, 0.5) is 0 Å². The summed E-state index contributed by atoms with van der Waals surface area (Å²) < 4.78 is 5.44. The van der Waals surface area contributed by atoms with E-state index in [9.17, 15) is 4.79 Å². The quantitative estimate of drug-likeness (QED) is 0.785. The SMILES string of the molecule is CCOC(=O)Cc1ncc(C#N)cc1Br. The molecule has 0 bridgehead atoms. The summed E-state index contributed by atoms with van der Waals surface area (Å²) in [6.45, 7) is 2.10. The number of carbonyl (C=O) groups is 1. The molecule has 15 heavy (non-hydrogen) atoms. The molecule has 0 aliphatic heterocycles. The number of rotatable bonds is 3. The van der Waals surface area contributed by atoms with E-state index < -0.39 is 0 Å². The van der Waals surface area contributed by atoms with Gasteiger partial charge in [-0.15, -0.1) is 0 Å². The summed E-state index contributed by atoms with van der Waals surface area (Å²) in [4.78, 5) is 15.2. The number of nitrogens with zero attached hydrogens (tertiary/aromatic N) is 2. The van der Waals surface area contributed by atoms with Crippen LogP contribution in [0.2, 0.25) is 0 Å². The third-order valence-corrected chi connectivity index (χ3v) is 2.35. The lowest BCUT2D eigenvalue weighted by Crippen LogP contribution is -2.09. The van der Waals surface area contributed by atoms with Crippen LogP contribution in [0.15, 0.2) is 16.7 Å². The van der Waals surface area contributed by atoms with E-state index in [1.165, 1.54) is 6.20 Å². The van der Waals surface area contributed by atoms with Gasteiger partial charge >= 0.3 is 5.97 Å². The second-order valence-electron chi connectivity index (χ2n) is 2.75. The smallest absolute Gasteiger partial charge is 0.311 e. The maximum atomic E-state index is 11.2. The summed E-state index contributed by atoms with van der Waals surface area (Å²) in [6, 6.07) is 3.59. The van der Waals surface area contributed by atoms with E-state index in [0.29, 0.717) is 22.3 Å². The van der Waals surface area contributed by atoms with Crippen molar-refractivity contribution in [1.29, 1.82) is 5.26 Å². The molecule has 0 unspecified atom stereocenters. The van der Waals surface area contributed by atoms with Gasteiger partial charge in [0.15, 0.2) is 0 Å². The van der Waals surface area contributed by atoms with Gasteiger partial charge in [0, 0.05) is 10.7 Å². The number of esters is 1. The molecule has 1 aromatic heterocycles. The molecule has 0 N–H and O–H groups in total. The number of hydrogen-bond acceptors (Lipinski definition) is 4. The van der Waals surface area contributed by atoms with Crippen LogP contribution in [0.5, 0.6) is 0 Å². The second-order valence-corrected chi connectivity index (χ2v) is 3.60. The monoisotopic (exact) mass is 268 g/mol. The van der Waals surface area contributed by atoms with Crippen molar-refractivity contribution in [3.63, 3.8) is 0 Å². The second kappa shape index (κ2) is 5.47. The van der Waals surface area contributed by atoms with Crippen LogP contribution >= 0.6 is 15.9 Å². The summed E-state index contributed by atoms with van der Waals surface area (Å²) in [5, 5.41) is 8.62. The molecule has 0 saturated heterocycles. The molecule has 1 aromatic rings. The molecule has 0 aromatic carbocycles. The maximum absolute atomic E-state index is 11.2. The standard InChI is InChI=1S/C10H9BrN2O2/c1-2-15-10(14)4-9-8(11)3-7(5-12)6-13-9/h3,6H,2,4H2,1H3. The van der Waals surface area contributed by atoms with Gasteiger partial charge in [0.05, 0.1) is 24.3 Å². The summed E-state index contributed by atoms with van der Waals surface area (Å²) in [5.74, 6) is -0.324. The van der Waals surface area contributed by atoms with E-state index in [2.05, 4.69) is 20.9 Å². The van der Waals surface area contributed by atoms with E-state index in [4.69, 9.17) is 10.00 Å². The van der Waals surface area contributed by atoms with Crippen LogP contribution in [0.1, 0.15) is 18.2 Å². The molecular weight excluding hydrogens is 260 g/mol. The molecule has 0 fully saturated rings. The van der Waals surface area contributed by atoms with Gasteiger partial charge in [-0.05, 0) is 28.9 Å². The van der Waals surface area contributed by atoms with Gasteiger partial charge in [-0.25, -0.2) is 0 Å². The molecule has 0 radical (unpaired) electrons. The first-order chi connectivity index (χ1) is 7.17. The third kappa shape index (κ3) is 3.33. The Labute approximate surface area is 96.0 Å². The van der Waals surface area contributed by atoms with Crippen LogP contribution in [-0.4, -0.2) is 17.6 Å². The van der Waals surface area contributed by atoms with E-state index >= 15 is 0 Å². The van der Waals surface area contributed by atoms with Crippen molar-refractivity contribution in [2.75, 3.05) is 6.61 Å². The summed E-state index contributed by atoms with van der Waals surface area (Å²) in [5.41, 5.74) is 1.03. The van der Waals surface area contributed by atoms with Crippen molar-refractivity contribution >= 4 is 21.9 Å². The topological polar surface area (TPSA) is 63.0 Å². The fourth-order valence-corrected chi connectivity index (χ4v) is 1.50. The van der Waals surface area contributed by atoms with Crippen molar-refractivity contribution in [2.24, 2.45) is 0 Å². The molecule has 0 saturated carbocycles. The average molecular weight is 269 g/mol. The third-order valence-electron chi connectivity index (χ3n) is 1.66. The van der Waals surface area contributed by atoms with E-state index in [-0.39, 0.29) is 12.4 Å². The van der Waals surface area contributed by atoms with Crippen molar-refractivity contribution in [1.82, 2.24) is 4.98 Å². The zero-order valence-electron chi connectivity index (χ0n) is 8.16. The number of halogens is 1. The van der Waals surface area contributed by atoms with Crippen molar-refractivity contribution in [3.8, 4) is 6.07 Å². The average Bonchev–Trinajstić information content (AvgIpc) is 2.21. The van der Waals surface area contributed by atoms with Crippen LogP contribution < -0.4 is 0 Å². The highest BCUT2D eigenvalue weighted by Gasteiger charge is 2.09. The minimum absolute atomic E-state index is 0.111. The molecule has 1 heterocycles. The number of pyridine rings is 1. The molecule has 0 aliphatic rings. The summed E-state index contributed by atoms with van der Waals surface area (Å²) in [7, 11) is 0. The van der Waals surface area contributed by atoms with Gasteiger partial charge < -0.3 is 4.74 Å². The van der Waals surface area contributed by atoms with Gasteiger partial charge in [-0.3, -0.25) is 9.78 Å². The highest BCUT2D eigenvalue weighted by atomic mass is 79.9. The summed E-state index contributed by atoms with van der Waals surface area (Å²) >= 11 is 3.25. The maximum Gasteiger partial charge on any atom is 0.311 e. The van der Waals surface area contributed by atoms with Gasteiger partial charge in [-0.1, -0.05) is 0 Å². The first-order valence-electron chi connectivity index (χ1n) is 4.37. The van der Waals surface area contributed by atoms with Gasteiger partial charge in [-0.2, -0.15) is 5.26 Å². The lowest BCUT2D eigenvalue weighted by Gasteiger charge is -2.03. The zero-order chi connectivity index (χ0) is 11.3. The van der Waals surface area contributed by atoms with E-state index in [0.717, 1.165) is 0 Å². The molecule has 0 aliphatic carbocycles. The molecule has 4 nitrogen and oxygen atoms in total. The van der Waals surface area contributed by atoms with Crippen LogP contribution in [0, 0.1) is 11.3 Å². The molecule has 0 amide bonds. The first kappa shape index (κ1) is 11.7. The van der Waals surface area contributed by atoms with Gasteiger partial charge in [0.2, 0.25) is 0 Å². The number of nitriles is 1. The Morgan fingerprint density at radius 1 is 1.73 bits per heavy atom. The molecule has 0 spiro atoms. The Bertz CT molecular complexity index is 412. The Morgan fingerprint density at radius 3 is 3.00 bits per heavy atom. The van der Waals surface area contributed by atoms with Crippen molar-refractivity contribution < 1.29 is 9.53 Å². The molecule has 1 rings (SSSR count). The van der Waals surface area contributed by atoms with Gasteiger partial charge in [0.25, 0.3) is 0 Å². The highest BCUT2D eigenvalue weighted by Crippen LogP contribution is 2.16. The minimum atomic E-state index is -0.324. The lowest BCUT2D eigenvalue weighted by atomic mass is 10.2. The molecule has 78 valence electrons. The van der Waals surface area contributed by atoms with E-state index in [1.54, 1.807) is 13.0 Å². The Balaban J connectivity index is 2.79. The normalized spacial score (nSPS) is 9.40. The largest absolute Gasteiger partial charge is 0.466 e. The fourth-order valence-electron chi connectivity index (χ4n) is 1.01. The first-order valence-corrected chi connectivity index (χ1v) is 5.16. The van der Waals surface area contributed by atoms with Crippen molar-refractivity contribution in [2.45, 2.75) is 13.3 Å². The van der Waals surface area contributed by atoms with Crippen LogP contribution in [-0.2, 0) is 16.0 Å². The predicted octanol–water partition coefficient (Wildman–Crippen LogP) is 1.82. The number of carbonyl (C=O) groups excluding carboxylic acids is 1. The highest BCUT2D eigenvalue weighted by molar-refractivity contribution is 9.10. The fraction of sp³-hybridized carbons (Fsp3) is 0.300. The Hall–Kier alpha value is -1.41. The minimum Gasteiger partial charge on any atom is -0.466 e. The number of hydrogen-bond donors (Lipinski definition) is 0. The number of ether oxygens (including phenoxy) is 1. The van der Waals surface area contributed by atoms with Crippen LogP contribution in [0.25, 0.3) is 0 Å². The Kier molecular flexibility index (Phi) is 4.25. The van der Waals surface area contributed by atoms with E-state index in [1.807, 2.05) is 6.07 Å².